The molecule has 1 aromatic carbocycles. The zero-order valence-corrected chi connectivity index (χ0v) is 15.3. The number of fused-ring (bicyclic) bond motifs is 1. The Bertz CT molecular complexity index is 770. The third-order valence-electron chi connectivity index (χ3n) is 6.04. The standard InChI is InChI=1S/C21H27N3O2/c1-15(19-10-23-20(25)11-22-19)12-24-13-17-8-21(26,9-18(17)14-24)7-16-5-3-2-4-6-16/h2-6,10-11,15,17-18,26H,7-9,12-14H2,1H3,(H,23,25)/t15?,17-,18+,21?. The van der Waals surface area contributed by atoms with Gasteiger partial charge in [-0.15, -0.1) is 0 Å². The number of aromatic nitrogens is 2. The molecule has 0 amide bonds. The summed E-state index contributed by atoms with van der Waals surface area (Å²) in [6, 6.07) is 10.3. The molecule has 5 nitrogen and oxygen atoms in total. The van der Waals surface area contributed by atoms with E-state index in [1.807, 2.05) is 18.2 Å². The Hall–Kier alpha value is -1.98. The first-order valence-electron chi connectivity index (χ1n) is 9.54. The number of hydrogen-bond donors (Lipinski definition) is 2. The van der Waals surface area contributed by atoms with Gasteiger partial charge < -0.3 is 15.0 Å². The van der Waals surface area contributed by atoms with Crippen LogP contribution in [0.2, 0.25) is 0 Å². The number of aliphatic hydroxyl groups is 1. The van der Waals surface area contributed by atoms with Crippen LogP contribution in [0.3, 0.4) is 0 Å². The fraction of sp³-hybridized carbons (Fsp3) is 0.524. The zero-order chi connectivity index (χ0) is 18.1. The lowest BCUT2D eigenvalue weighted by molar-refractivity contribution is 0.0353. The molecule has 5 heteroatoms. The molecule has 2 aliphatic rings. The Morgan fingerprint density at radius 1 is 1.27 bits per heavy atom. The molecular weight excluding hydrogens is 326 g/mol. The van der Waals surface area contributed by atoms with Crippen molar-refractivity contribution in [2.24, 2.45) is 11.8 Å². The molecule has 1 aromatic heterocycles. The lowest BCUT2D eigenvalue weighted by Crippen LogP contribution is -2.33. The van der Waals surface area contributed by atoms with E-state index >= 15 is 0 Å². The highest BCUT2D eigenvalue weighted by atomic mass is 16.3. The molecule has 1 aliphatic heterocycles. The van der Waals surface area contributed by atoms with Crippen LogP contribution >= 0.6 is 0 Å². The summed E-state index contributed by atoms with van der Waals surface area (Å²) >= 11 is 0. The van der Waals surface area contributed by atoms with Gasteiger partial charge in [-0.3, -0.25) is 9.78 Å². The third kappa shape index (κ3) is 3.74. The fourth-order valence-corrected chi connectivity index (χ4v) is 4.93. The quantitative estimate of drug-likeness (QED) is 0.865. The minimum Gasteiger partial charge on any atom is -0.390 e. The average Bonchev–Trinajstić information content (AvgIpc) is 3.10. The van der Waals surface area contributed by atoms with Gasteiger partial charge in [-0.2, -0.15) is 0 Å². The van der Waals surface area contributed by atoms with Crippen LogP contribution in [-0.4, -0.2) is 45.2 Å². The third-order valence-corrected chi connectivity index (χ3v) is 6.04. The second kappa shape index (κ2) is 6.97. The normalized spacial score (nSPS) is 29.6. The maximum Gasteiger partial charge on any atom is 0.266 e. The van der Waals surface area contributed by atoms with Crippen LogP contribution in [0.25, 0.3) is 0 Å². The van der Waals surface area contributed by atoms with Gasteiger partial charge in [0.05, 0.1) is 17.5 Å². The lowest BCUT2D eigenvalue weighted by Gasteiger charge is -2.27. The molecule has 4 atom stereocenters. The van der Waals surface area contributed by atoms with E-state index in [-0.39, 0.29) is 11.5 Å². The molecule has 0 radical (unpaired) electrons. The van der Waals surface area contributed by atoms with Crippen LogP contribution in [0.4, 0.5) is 0 Å². The van der Waals surface area contributed by atoms with Crippen molar-refractivity contribution < 1.29 is 5.11 Å². The zero-order valence-electron chi connectivity index (χ0n) is 15.3. The summed E-state index contributed by atoms with van der Waals surface area (Å²) in [5, 5.41) is 11.1. The molecule has 4 rings (SSSR count). The molecule has 1 aliphatic carbocycles. The van der Waals surface area contributed by atoms with Gasteiger partial charge in [0.15, 0.2) is 0 Å². The van der Waals surface area contributed by atoms with E-state index < -0.39 is 5.60 Å². The molecule has 0 bridgehead atoms. The first-order valence-corrected chi connectivity index (χ1v) is 9.54. The summed E-state index contributed by atoms with van der Waals surface area (Å²) in [7, 11) is 0. The van der Waals surface area contributed by atoms with Crippen LogP contribution in [0.5, 0.6) is 0 Å². The molecular formula is C21H27N3O2. The Kier molecular flexibility index (Phi) is 4.67. The molecule has 26 heavy (non-hydrogen) atoms. The summed E-state index contributed by atoms with van der Waals surface area (Å²) in [5.74, 6) is 1.45. The van der Waals surface area contributed by atoms with Crippen molar-refractivity contribution in [1.82, 2.24) is 14.9 Å². The molecule has 1 saturated heterocycles. The van der Waals surface area contributed by atoms with Crippen LogP contribution in [-0.2, 0) is 6.42 Å². The van der Waals surface area contributed by atoms with E-state index in [0.717, 1.165) is 44.6 Å². The minimum absolute atomic E-state index is 0.158. The SMILES string of the molecule is CC(CN1C[C@@H]2CC(O)(Cc3ccccc3)C[C@@H]2C1)c1c[nH]c(=O)cn1. The van der Waals surface area contributed by atoms with Crippen molar-refractivity contribution in [3.05, 3.63) is 64.3 Å². The molecule has 2 N–H and O–H groups in total. The van der Waals surface area contributed by atoms with Crippen LogP contribution in [0.15, 0.2) is 47.5 Å². The Balaban J connectivity index is 1.33. The van der Waals surface area contributed by atoms with Crippen LogP contribution in [0.1, 0.15) is 36.9 Å². The molecule has 1 saturated carbocycles. The van der Waals surface area contributed by atoms with Crippen molar-refractivity contribution >= 4 is 0 Å². The average molecular weight is 353 g/mol. The smallest absolute Gasteiger partial charge is 0.266 e. The topological polar surface area (TPSA) is 69.2 Å². The highest BCUT2D eigenvalue weighted by molar-refractivity contribution is 5.18. The van der Waals surface area contributed by atoms with Crippen molar-refractivity contribution in [2.45, 2.75) is 37.7 Å². The number of rotatable bonds is 5. The number of hydrogen-bond acceptors (Lipinski definition) is 4. The molecule has 2 unspecified atom stereocenters. The van der Waals surface area contributed by atoms with E-state index in [1.165, 1.54) is 11.8 Å². The summed E-state index contributed by atoms with van der Waals surface area (Å²) in [4.78, 5) is 20.6. The van der Waals surface area contributed by atoms with Crippen LogP contribution < -0.4 is 5.56 Å². The van der Waals surface area contributed by atoms with Gasteiger partial charge in [0.25, 0.3) is 5.56 Å². The highest BCUT2D eigenvalue weighted by Crippen LogP contribution is 2.45. The fourth-order valence-electron chi connectivity index (χ4n) is 4.93. The molecule has 2 fully saturated rings. The number of nitrogens with zero attached hydrogens (tertiary/aromatic N) is 2. The predicted octanol–water partition coefficient (Wildman–Crippen LogP) is 2.19. The van der Waals surface area contributed by atoms with Crippen molar-refractivity contribution in [3.8, 4) is 0 Å². The predicted molar refractivity (Wildman–Crippen MR) is 101 cm³/mol. The van der Waals surface area contributed by atoms with E-state index in [4.69, 9.17) is 0 Å². The Morgan fingerprint density at radius 3 is 2.58 bits per heavy atom. The molecule has 0 spiro atoms. The number of likely N-dealkylation sites (tertiary alicyclic amines) is 1. The van der Waals surface area contributed by atoms with Gasteiger partial charge in [-0.05, 0) is 30.2 Å². The maximum atomic E-state index is 11.2. The Morgan fingerprint density at radius 2 is 1.96 bits per heavy atom. The minimum atomic E-state index is -0.547. The number of aromatic amines is 1. The first kappa shape index (κ1) is 17.4. The van der Waals surface area contributed by atoms with Crippen molar-refractivity contribution in [2.75, 3.05) is 19.6 Å². The largest absolute Gasteiger partial charge is 0.390 e. The lowest BCUT2D eigenvalue weighted by atomic mass is 9.91. The number of nitrogens with one attached hydrogen (secondary N) is 1. The molecule has 2 aromatic rings. The second-order valence-corrected chi connectivity index (χ2v) is 8.27. The van der Waals surface area contributed by atoms with Crippen LogP contribution in [0, 0.1) is 11.8 Å². The van der Waals surface area contributed by atoms with Gasteiger partial charge in [0, 0.05) is 38.2 Å². The van der Waals surface area contributed by atoms with Crippen molar-refractivity contribution in [1.29, 1.82) is 0 Å². The van der Waals surface area contributed by atoms with Gasteiger partial charge >= 0.3 is 0 Å². The molecule has 2 heterocycles. The Labute approximate surface area is 154 Å². The summed E-state index contributed by atoms with van der Waals surface area (Å²) in [6.07, 6.45) is 5.64. The van der Waals surface area contributed by atoms with Gasteiger partial charge in [-0.25, -0.2) is 0 Å². The van der Waals surface area contributed by atoms with E-state index in [2.05, 4.69) is 33.9 Å². The van der Waals surface area contributed by atoms with Gasteiger partial charge in [0.2, 0.25) is 0 Å². The van der Waals surface area contributed by atoms with Crippen molar-refractivity contribution in [3.63, 3.8) is 0 Å². The number of H-pyrrole nitrogens is 1. The van der Waals surface area contributed by atoms with Gasteiger partial charge in [0.1, 0.15) is 0 Å². The van der Waals surface area contributed by atoms with Gasteiger partial charge in [-0.1, -0.05) is 37.3 Å². The second-order valence-electron chi connectivity index (χ2n) is 8.27. The number of benzene rings is 1. The summed E-state index contributed by atoms with van der Waals surface area (Å²) in [6.45, 7) is 5.20. The molecule has 138 valence electrons. The highest BCUT2D eigenvalue weighted by Gasteiger charge is 2.48. The van der Waals surface area contributed by atoms with E-state index in [9.17, 15) is 9.90 Å². The summed E-state index contributed by atoms with van der Waals surface area (Å²) in [5.41, 5.74) is 1.45. The van der Waals surface area contributed by atoms with E-state index in [0.29, 0.717) is 11.8 Å². The monoisotopic (exact) mass is 353 g/mol. The summed E-state index contributed by atoms with van der Waals surface area (Å²) < 4.78 is 0. The maximum absolute atomic E-state index is 11.2. The van der Waals surface area contributed by atoms with E-state index in [1.54, 1.807) is 6.20 Å². The first-order chi connectivity index (χ1) is 12.5.